The van der Waals surface area contributed by atoms with Gasteiger partial charge in [0.15, 0.2) is 0 Å². The van der Waals surface area contributed by atoms with E-state index in [0.717, 1.165) is 6.07 Å². The molecule has 1 rings (SSSR count). The fraction of sp³-hybridized carbons (Fsp3) is 0.125. The molecule has 0 aromatic heterocycles. The van der Waals surface area contributed by atoms with E-state index < -0.39 is 18.2 Å². The van der Waals surface area contributed by atoms with Crippen molar-refractivity contribution in [2.24, 2.45) is 0 Å². The zero-order chi connectivity index (χ0) is 13.2. The van der Waals surface area contributed by atoms with Crippen LogP contribution in [0.2, 0.25) is 5.02 Å². The van der Waals surface area contributed by atoms with Gasteiger partial charge in [-0.05, 0) is 0 Å². The van der Waals surface area contributed by atoms with Gasteiger partial charge in [-0.15, -0.1) is 0 Å². The zero-order valence-electron chi connectivity index (χ0n) is 8.64. The first-order valence-corrected chi connectivity index (χ1v) is 7.39. The van der Waals surface area contributed by atoms with Gasteiger partial charge in [0.2, 0.25) is 0 Å². The summed E-state index contributed by atoms with van der Waals surface area (Å²) in [5.41, 5.74) is -0.111. The Kier molecular flexibility index (Phi) is 4.68. The Labute approximate surface area is 107 Å². The van der Waals surface area contributed by atoms with Crippen LogP contribution in [0.25, 0.3) is 0 Å². The SMILES string of the molecule is B=P(=O)SOc1cc(O)c(C(=O)O)c(C)c1Cl. The Morgan fingerprint density at radius 1 is 1.65 bits per heavy atom. The molecule has 5 nitrogen and oxygen atoms in total. The van der Waals surface area contributed by atoms with E-state index in [1.165, 1.54) is 6.92 Å². The Morgan fingerprint density at radius 3 is 2.71 bits per heavy atom. The van der Waals surface area contributed by atoms with Crippen molar-refractivity contribution in [1.29, 1.82) is 0 Å². The summed E-state index contributed by atoms with van der Waals surface area (Å²) in [5.74, 6) is -1.71. The average Bonchev–Trinajstić information content (AvgIpc) is 2.20. The summed E-state index contributed by atoms with van der Waals surface area (Å²) >= 11 is 6.46. The van der Waals surface area contributed by atoms with Crippen molar-refractivity contribution in [2.45, 2.75) is 6.92 Å². The Hall–Kier alpha value is -0.905. The molecular weight excluding hydrogens is 285 g/mol. The van der Waals surface area contributed by atoms with Crippen molar-refractivity contribution in [1.82, 2.24) is 0 Å². The number of phenols is 1. The molecule has 1 aromatic carbocycles. The van der Waals surface area contributed by atoms with Gasteiger partial charge in [0.25, 0.3) is 0 Å². The first kappa shape index (κ1) is 14.2. The van der Waals surface area contributed by atoms with Gasteiger partial charge in [0.05, 0.1) is 0 Å². The third kappa shape index (κ3) is 3.28. The van der Waals surface area contributed by atoms with Gasteiger partial charge >= 0.3 is 107 Å². The summed E-state index contributed by atoms with van der Waals surface area (Å²) in [7, 11) is 3.22. The molecule has 0 aliphatic heterocycles. The molecule has 1 aromatic rings. The van der Waals surface area contributed by atoms with E-state index in [-0.39, 0.29) is 21.9 Å². The maximum absolute atomic E-state index is 10.9. The number of hydrogen-bond acceptors (Lipinski definition) is 5. The van der Waals surface area contributed by atoms with Crippen LogP contribution in [0.15, 0.2) is 6.07 Å². The summed E-state index contributed by atoms with van der Waals surface area (Å²) in [5, 5.41) is 18.4. The standard InChI is InChI=1S/C8H7BClO5PS/c1-3-6(8(12)13)4(11)2-5(7(3)10)15-17-16(9)14/h2,9,11H,1H3,(H,12,13). The van der Waals surface area contributed by atoms with Crippen molar-refractivity contribution in [2.75, 3.05) is 0 Å². The predicted octanol–water partition coefficient (Wildman–Crippen LogP) is 2.64. The molecule has 0 amide bonds. The van der Waals surface area contributed by atoms with Crippen molar-refractivity contribution >= 4 is 42.9 Å². The number of rotatable bonds is 4. The van der Waals surface area contributed by atoms with Crippen LogP contribution in [0.1, 0.15) is 15.9 Å². The van der Waals surface area contributed by atoms with Gasteiger partial charge < -0.3 is 0 Å². The number of aromatic hydroxyl groups is 1. The normalized spacial score (nSPS) is 11.0. The van der Waals surface area contributed by atoms with Gasteiger partial charge in [0.1, 0.15) is 0 Å². The van der Waals surface area contributed by atoms with Gasteiger partial charge in [-0.1, -0.05) is 0 Å². The van der Waals surface area contributed by atoms with Gasteiger partial charge in [-0.3, -0.25) is 0 Å². The second kappa shape index (κ2) is 5.62. The van der Waals surface area contributed by atoms with Gasteiger partial charge in [0, 0.05) is 0 Å². The molecule has 0 aliphatic rings. The van der Waals surface area contributed by atoms with E-state index in [4.69, 9.17) is 20.9 Å². The summed E-state index contributed by atoms with van der Waals surface area (Å²) in [6.07, 6.45) is 0. The molecular formula is C8H7BClO5PS. The number of halogens is 1. The van der Waals surface area contributed by atoms with Crippen LogP contribution in [-0.2, 0) is 4.57 Å². The zero-order valence-corrected chi connectivity index (χ0v) is 11.1. The van der Waals surface area contributed by atoms with E-state index in [2.05, 4.69) is 7.18 Å². The number of carbonyl (C=O) groups is 1. The van der Waals surface area contributed by atoms with E-state index in [1.54, 1.807) is 0 Å². The van der Waals surface area contributed by atoms with Crippen molar-refractivity contribution in [3.8, 4) is 11.5 Å². The van der Waals surface area contributed by atoms with Crippen LogP contribution in [0, 0.1) is 6.92 Å². The first-order valence-electron chi connectivity index (χ1n) is 4.22. The quantitative estimate of drug-likeness (QED) is 0.504. The van der Waals surface area contributed by atoms with E-state index in [0.29, 0.717) is 11.7 Å². The molecule has 9 heteroatoms. The van der Waals surface area contributed by atoms with Crippen molar-refractivity contribution in [3.05, 3.63) is 22.2 Å². The Morgan fingerprint density at radius 2 is 2.24 bits per heavy atom. The third-order valence-electron chi connectivity index (χ3n) is 1.87. The van der Waals surface area contributed by atoms with Crippen LogP contribution in [0.3, 0.4) is 0 Å². The van der Waals surface area contributed by atoms with E-state index in [1.807, 2.05) is 0 Å². The maximum atomic E-state index is 10.9. The molecule has 0 spiro atoms. The van der Waals surface area contributed by atoms with Crippen molar-refractivity contribution in [3.63, 3.8) is 0 Å². The topological polar surface area (TPSA) is 83.8 Å². The molecule has 0 saturated carbocycles. The average molecular weight is 292 g/mol. The molecule has 2 N–H and O–H groups in total. The number of aromatic carboxylic acids is 1. The fourth-order valence-electron chi connectivity index (χ4n) is 1.16. The Balaban J connectivity index is 3.24. The fourth-order valence-corrected chi connectivity index (χ4v) is 2.18. The van der Waals surface area contributed by atoms with Crippen molar-refractivity contribution < 1.29 is 23.8 Å². The monoisotopic (exact) mass is 292 g/mol. The molecule has 17 heavy (non-hydrogen) atoms. The third-order valence-corrected chi connectivity index (χ3v) is 3.48. The first-order chi connectivity index (χ1) is 7.84. The summed E-state index contributed by atoms with van der Waals surface area (Å²) < 4.78 is 15.7. The molecule has 1 atom stereocenters. The number of benzene rings is 1. The van der Waals surface area contributed by atoms with Gasteiger partial charge in [-0.25, -0.2) is 0 Å². The minimum absolute atomic E-state index is 0.0451. The predicted molar refractivity (Wildman–Crippen MR) is 67.8 cm³/mol. The Bertz CT molecular complexity index is 537. The van der Waals surface area contributed by atoms with Crippen LogP contribution in [0.4, 0.5) is 0 Å². The van der Waals surface area contributed by atoms with Crippen LogP contribution >= 0.6 is 29.8 Å². The van der Waals surface area contributed by atoms with E-state index in [9.17, 15) is 14.5 Å². The number of carboxylic acids is 1. The second-order valence-electron chi connectivity index (χ2n) is 3.00. The summed E-state index contributed by atoms with van der Waals surface area (Å²) in [6, 6.07) is 1.06. The van der Waals surface area contributed by atoms with Crippen LogP contribution in [-0.4, -0.2) is 23.4 Å². The minimum atomic E-state index is -1.84. The number of carboxylic acid groups (broad SMARTS) is 1. The van der Waals surface area contributed by atoms with Crippen LogP contribution in [0.5, 0.6) is 11.5 Å². The number of hydrogen-bond donors (Lipinski definition) is 2. The molecule has 90 valence electrons. The van der Waals surface area contributed by atoms with E-state index >= 15 is 0 Å². The molecule has 0 fully saturated rings. The second-order valence-corrected chi connectivity index (χ2v) is 6.03. The summed E-state index contributed by atoms with van der Waals surface area (Å²) in [4.78, 5) is 10.9. The van der Waals surface area contributed by atoms with Gasteiger partial charge in [-0.2, -0.15) is 0 Å². The summed E-state index contributed by atoms with van der Waals surface area (Å²) in [6.45, 7) is -0.400. The molecule has 0 bridgehead atoms. The molecule has 0 heterocycles. The molecule has 1 unspecified atom stereocenters. The molecule has 0 saturated heterocycles. The van der Waals surface area contributed by atoms with Crippen LogP contribution < -0.4 is 4.18 Å². The molecule has 0 radical (unpaired) electrons. The molecule has 0 aliphatic carbocycles.